The fourth-order valence-electron chi connectivity index (χ4n) is 2.80. The fraction of sp³-hybridized carbons (Fsp3) is 0.611. The number of benzene rings is 1. The zero-order valence-electron chi connectivity index (χ0n) is 14.1. The van der Waals surface area contributed by atoms with Gasteiger partial charge in [-0.1, -0.05) is 32.3 Å². The first-order valence-corrected chi connectivity index (χ1v) is 9.74. The zero-order chi connectivity index (χ0) is 17.4. The van der Waals surface area contributed by atoms with Crippen LogP contribution in [0.2, 0.25) is 0 Å². The van der Waals surface area contributed by atoms with Crippen LogP contribution in [-0.2, 0) is 10.3 Å². The lowest BCUT2D eigenvalue weighted by molar-refractivity contribution is 0.0246. The SMILES string of the molecule is CCCCCCOC(=O)Nc1ccc(C2(O)CCSCC2)c(F)c1. The highest BCUT2D eigenvalue weighted by Crippen LogP contribution is 2.37. The Labute approximate surface area is 147 Å². The summed E-state index contributed by atoms with van der Waals surface area (Å²) >= 11 is 1.77. The quantitative estimate of drug-likeness (QED) is 0.698. The van der Waals surface area contributed by atoms with Gasteiger partial charge < -0.3 is 9.84 Å². The number of amides is 1. The van der Waals surface area contributed by atoms with Crippen LogP contribution in [0.15, 0.2) is 18.2 Å². The maximum atomic E-state index is 14.4. The molecular weight excluding hydrogens is 329 g/mol. The standard InChI is InChI=1S/C18H26FNO3S/c1-2-3-4-5-10-23-17(21)20-14-6-7-15(16(19)13-14)18(22)8-11-24-12-9-18/h6-7,13,22H,2-5,8-12H2,1H3,(H,20,21). The number of halogens is 1. The third-order valence-corrected chi connectivity index (χ3v) is 5.25. The number of anilines is 1. The van der Waals surface area contributed by atoms with Crippen molar-refractivity contribution in [2.45, 2.75) is 51.0 Å². The summed E-state index contributed by atoms with van der Waals surface area (Å²) in [5.74, 6) is 1.14. The number of carbonyl (C=O) groups excluding carboxylic acids is 1. The van der Waals surface area contributed by atoms with Crippen molar-refractivity contribution < 1.29 is 19.0 Å². The lowest BCUT2D eigenvalue weighted by Crippen LogP contribution is -2.31. The molecule has 1 aliphatic heterocycles. The summed E-state index contributed by atoms with van der Waals surface area (Å²) in [4.78, 5) is 11.7. The van der Waals surface area contributed by atoms with Gasteiger partial charge >= 0.3 is 6.09 Å². The summed E-state index contributed by atoms with van der Waals surface area (Å²) in [5.41, 5.74) is -0.460. The molecule has 2 rings (SSSR count). The lowest BCUT2D eigenvalue weighted by Gasteiger charge is -2.32. The van der Waals surface area contributed by atoms with Crippen LogP contribution in [0, 0.1) is 5.82 Å². The molecule has 0 atom stereocenters. The Morgan fingerprint density at radius 3 is 2.75 bits per heavy atom. The number of nitrogens with one attached hydrogen (secondary N) is 1. The summed E-state index contributed by atoms with van der Waals surface area (Å²) in [6.07, 6.45) is 4.62. The van der Waals surface area contributed by atoms with Crippen molar-refractivity contribution in [3.8, 4) is 0 Å². The minimum atomic E-state index is -1.10. The molecule has 2 N–H and O–H groups in total. The number of ether oxygens (including phenoxy) is 1. The molecule has 1 aromatic rings. The second-order valence-electron chi connectivity index (χ2n) is 6.16. The van der Waals surface area contributed by atoms with Crippen LogP contribution in [0.25, 0.3) is 0 Å². The van der Waals surface area contributed by atoms with Gasteiger partial charge in [0.25, 0.3) is 0 Å². The van der Waals surface area contributed by atoms with Crippen LogP contribution >= 0.6 is 11.8 Å². The van der Waals surface area contributed by atoms with E-state index in [1.165, 1.54) is 6.07 Å². The van der Waals surface area contributed by atoms with Crippen LogP contribution < -0.4 is 5.32 Å². The molecule has 1 amide bonds. The molecule has 24 heavy (non-hydrogen) atoms. The van der Waals surface area contributed by atoms with E-state index in [1.54, 1.807) is 23.9 Å². The van der Waals surface area contributed by atoms with Gasteiger partial charge in [-0.15, -0.1) is 0 Å². The molecule has 0 bridgehead atoms. The number of hydrogen-bond donors (Lipinski definition) is 2. The van der Waals surface area contributed by atoms with Crippen molar-refractivity contribution >= 4 is 23.5 Å². The molecule has 0 unspecified atom stereocenters. The van der Waals surface area contributed by atoms with Crippen molar-refractivity contribution in [2.75, 3.05) is 23.4 Å². The van der Waals surface area contributed by atoms with Gasteiger partial charge in [0.1, 0.15) is 5.82 Å². The minimum Gasteiger partial charge on any atom is -0.449 e. The molecule has 1 fully saturated rings. The van der Waals surface area contributed by atoms with Gasteiger partial charge in [0.15, 0.2) is 0 Å². The van der Waals surface area contributed by atoms with Crippen LogP contribution in [0.1, 0.15) is 51.0 Å². The van der Waals surface area contributed by atoms with Gasteiger partial charge in [0, 0.05) is 11.3 Å². The minimum absolute atomic E-state index is 0.307. The highest BCUT2D eigenvalue weighted by molar-refractivity contribution is 7.99. The lowest BCUT2D eigenvalue weighted by atomic mass is 9.87. The van der Waals surface area contributed by atoms with E-state index in [-0.39, 0.29) is 0 Å². The highest BCUT2D eigenvalue weighted by Gasteiger charge is 2.33. The molecule has 1 heterocycles. The third-order valence-electron chi connectivity index (χ3n) is 4.27. The Kier molecular flexibility index (Phi) is 7.37. The molecule has 4 nitrogen and oxygen atoms in total. The van der Waals surface area contributed by atoms with Gasteiger partial charge in [-0.25, -0.2) is 9.18 Å². The van der Waals surface area contributed by atoms with E-state index in [9.17, 15) is 14.3 Å². The molecule has 134 valence electrons. The van der Waals surface area contributed by atoms with E-state index in [4.69, 9.17) is 4.74 Å². The maximum Gasteiger partial charge on any atom is 0.411 e. The van der Waals surface area contributed by atoms with E-state index in [0.29, 0.717) is 30.7 Å². The molecule has 0 aromatic heterocycles. The molecule has 1 saturated heterocycles. The number of carbonyl (C=O) groups is 1. The van der Waals surface area contributed by atoms with Crippen molar-refractivity contribution in [1.82, 2.24) is 0 Å². The van der Waals surface area contributed by atoms with E-state index in [0.717, 1.165) is 37.2 Å². The third kappa shape index (κ3) is 5.38. The Bertz CT molecular complexity index is 547. The first-order valence-electron chi connectivity index (χ1n) is 8.59. The largest absolute Gasteiger partial charge is 0.449 e. The van der Waals surface area contributed by atoms with Gasteiger partial charge in [0.2, 0.25) is 0 Å². The first kappa shape index (κ1) is 19.1. The average molecular weight is 355 g/mol. The predicted octanol–water partition coefficient (Wildman–Crippen LogP) is 4.67. The summed E-state index contributed by atoms with van der Waals surface area (Å²) in [6, 6.07) is 4.41. The molecule has 0 saturated carbocycles. The van der Waals surface area contributed by atoms with Gasteiger partial charge in [-0.2, -0.15) is 11.8 Å². The summed E-state index contributed by atoms with van der Waals surface area (Å²) in [7, 11) is 0. The Hall–Kier alpha value is -1.27. The van der Waals surface area contributed by atoms with Crippen molar-refractivity contribution in [2.24, 2.45) is 0 Å². The number of unbranched alkanes of at least 4 members (excludes halogenated alkanes) is 3. The van der Waals surface area contributed by atoms with Crippen LogP contribution in [0.5, 0.6) is 0 Å². The fourth-order valence-corrected chi connectivity index (χ4v) is 3.96. The normalized spacial score (nSPS) is 16.6. The Morgan fingerprint density at radius 1 is 1.33 bits per heavy atom. The number of aliphatic hydroxyl groups is 1. The Balaban J connectivity index is 1.88. The number of rotatable bonds is 7. The zero-order valence-corrected chi connectivity index (χ0v) is 15.0. The van der Waals surface area contributed by atoms with E-state index >= 15 is 0 Å². The van der Waals surface area contributed by atoms with Crippen molar-refractivity contribution in [1.29, 1.82) is 0 Å². The van der Waals surface area contributed by atoms with Gasteiger partial charge in [-0.05, 0) is 42.9 Å². The molecular formula is C18H26FNO3S. The summed E-state index contributed by atoms with van der Waals surface area (Å²) in [5, 5.41) is 13.1. The average Bonchev–Trinajstić information content (AvgIpc) is 2.55. The van der Waals surface area contributed by atoms with Crippen LogP contribution in [0.3, 0.4) is 0 Å². The molecule has 0 aliphatic carbocycles. The predicted molar refractivity (Wildman–Crippen MR) is 96.0 cm³/mol. The second-order valence-corrected chi connectivity index (χ2v) is 7.38. The van der Waals surface area contributed by atoms with Crippen molar-refractivity contribution in [3.63, 3.8) is 0 Å². The smallest absolute Gasteiger partial charge is 0.411 e. The van der Waals surface area contributed by atoms with E-state index in [1.807, 2.05) is 0 Å². The monoisotopic (exact) mass is 355 g/mol. The number of hydrogen-bond acceptors (Lipinski definition) is 4. The molecule has 1 aromatic carbocycles. The first-order chi connectivity index (χ1) is 11.5. The molecule has 6 heteroatoms. The number of thioether (sulfide) groups is 1. The maximum absolute atomic E-state index is 14.4. The molecule has 1 aliphatic rings. The Morgan fingerprint density at radius 2 is 2.08 bits per heavy atom. The van der Waals surface area contributed by atoms with E-state index in [2.05, 4.69) is 12.2 Å². The van der Waals surface area contributed by atoms with Gasteiger partial charge in [0.05, 0.1) is 12.2 Å². The van der Waals surface area contributed by atoms with Crippen molar-refractivity contribution in [3.05, 3.63) is 29.6 Å². The summed E-state index contributed by atoms with van der Waals surface area (Å²) in [6.45, 7) is 2.48. The topological polar surface area (TPSA) is 58.6 Å². The second kappa shape index (κ2) is 9.28. The van der Waals surface area contributed by atoms with Gasteiger partial charge in [-0.3, -0.25) is 5.32 Å². The summed E-state index contributed by atoms with van der Waals surface area (Å²) < 4.78 is 19.4. The molecule has 0 spiro atoms. The molecule has 0 radical (unpaired) electrons. The highest BCUT2D eigenvalue weighted by atomic mass is 32.2. The van der Waals surface area contributed by atoms with Crippen LogP contribution in [-0.4, -0.2) is 29.3 Å². The van der Waals surface area contributed by atoms with Crippen LogP contribution in [0.4, 0.5) is 14.9 Å². The van der Waals surface area contributed by atoms with E-state index < -0.39 is 17.5 Å².